The third kappa shape index (κ3) is 9.29. The largest absolute Gasteiger partial charge is 0.494 e. The Balaban J connectivity index is 0.000000179. The van der Waals surface area contributed by atoms with Gasteiger partial charge in [0.25, 0.3) is 11.8 Å². The molecule has 4 aromatic carbocycles. The summed E-state index contributed by atoms with van der Waals surface area (Å²) < 4.78 is 51.0. The highest BCUT2D eigenvalue weighted by molar-refractivity contribution is 6.37. The summed E-state index contributed by atoms with van der Waals surface area (Å²) in [6.07, 6.45) is 3.08. The van der Waals surface area contributed by atoms with Crippen LogP contribution in [-0.2, 0) is 32.3 Å². The topological polar surface area (TPSA) is 102 Å². The molecule has 0 bridgehead atoms. The van der Waals surface area contributed by atoms with Crippen LogP contribution in [0.5, 0.6) is 11.5 Å². The molecule has 4 aliphatic heterocycles. The standard InChI is InChI=1S/C24H27FN2O3.C23H25FN2O3/c1-3-27(4-2)11-5-6-12-29-18-8-9-19-16(13-18)15-30-23(19)22-20-14-17(25)7-10-21(20)26-24(22)28;1-3-26(4-2)10-5-11-28-17-7-8-18-15(12-17)14-29-22(18)21-19-13-16(24)6-9-20(19)25-23(21)27/h7-10,13-14H,3-6,11-12,15H2,1-2H3,(H,26,28);6-9,12-13H,3-5,10-11,14H2,1-2H3,(H,25,27). The van der Waals surface area contributed by atoms with Gasteiger partial charge in [-0.3, -0.25) is 9.59 Å². The molecule has 0 saturated carbocycles. The Kier molecular flexibility index (Phi) is 13.3. The minimum Gasteiger partial charge on any atom is -0.494 e. The number of amides is 2. The molecule has 4 heterocycles. The Morgan fingerprint density at radius 2 is 1.00 bits per heavy atom. The summed E-state index contributed by atoms with van der Waals surface area (Å²) in [4.78, 5) is 29.8. The summed E-state index contributed by atoms with van der Waals surface area (Å²) in [5.74, 6) is 1.27. The van der Waals surface area contributed by atoms with Crippen molar-refractivity contribution in [1.82, 2.24) is 9.80 Å². The second-order valence-corrected chi connectivity index (χ2v) is 14.7. The highest BCUT2D eigenvalue weighted by atomic mass is 19.1. The molecule has 2 N–H and O–H groups in total. The number of hydrogen-bond acceptors (Lipinski definition) is 8. The van der Waals surface area contributed by atoms with Gasteiger partial charge in [0.15, 0.2) is 0 Å². The van der Waals surface area contributed by atoms with Gasteiger partial charge >= 0.3 is 0 Å². The lowest BCUT2D eigenvalue weighted by molar-refractivity contribution is -0.111. The van der Waals surface area contributed by atoms with Crippen molar-refractivity contribution in [2.24, 2.45) is 0 Å². The fourth-order valence-corrected chi connectivity index (χ4v) is 7.79. The van der Waals surface area contributed by atoms with Crippen molar-refractivity contribution in [2.45, 2.75) is 60.2 Å². The van der Waals surface area contributed by atoms with Crippen molar-refractivity contribution < 1.29 is 37.3 Å². The van der Waals surface area contributed by atoms with Crippen molar-refractivity contribution in [2.75, 3.05) is 63.1 Å². The summed E-state index contributed by atoms with van der Waals surface area (Å²) in [5, 5.41) is 5.55. The predicted octanol–water partition coefficient (Wildman–Crippen LogP) is 8.96. The molecule has 12 heteroatoms. The molecule has 0 spiro atoms. The van der Waals surface area contributed by atoms with Crippen LogP contribution in [0.25, 0.3) is 22.7 Å². The van der Waals surface area contributed by atoms with Crippen molar-refractivity contribution in [1.29, 1.82) is 0 Å². The Hall–Kier alpha value is -5.72. The van der Waals surface area contributed by atoms with Crippen molar-refractivity contribution in [3.05, 3.63) is 118 Å². The van der Waals surface area contributed by atoms with E-state index in [1.54, 1.807) is 12.1 Å². The number of benzene rings is 4. The lowest BCUT2D eigenvalue weighted by Crippen LogP contribution is -2.25. The molecule has 0 saturated heterocycles. The number of hydrogen-bond donors (Lipinski definition) is 2. The number of carbonyl (C=O) groups excluding carboxylic acids is 2. The van der Waals surface area contributed by atoms with Gasteiger partial charge in [0.1, 0.15) is 47.9 Å². The van der Waals surface area contributed by atoms with Crippen LogP contribution in [0.4, 0.5) is 20.2 Å². The zero-order valence-corrected chi connectivity index (χ0v) is 34.2. The summed E-state index contributed by atoms with van der Waals surface area (Å²) in [5.41, 5.74) is 6.68. The van der Waals surface area contributed by atoms with Crippen molar-refractivity contribution in [3.8, 4) is 11.5 Å². The van der Waals surface area contributed by atoms with E-state index < -0.39 is 0 Å². The average Bonchev–Trinajstić information content (AvgIpc) is 4.01. The number of rotatable bonds is 15. The third-order valence-corrected chi connectivity index (χ3v) is 11.1. The molecule has 10 nitrogen and oxygen atoms in total. The van der Waals surface area contributed by atoms with Gasteiger partial charge in [-0.2, -0.15) is 0 Å². The number of halogens is 2. The van der Waals surface area contributed by atoms with Crippen LogP contribution in [0.1, 0.15) is 80.3 Å². The molecule has 0 radical (unpaired) electrons. The summed E-state index contributed by atoms with van der Waals surface area (Å²) in [7, 11) is 0. The van der Waals surface area contributed by atoms with Gasteiger partial charge in [0, 0.05) is 51.3 Å². The number of unbranched alkanes of at least 4 members (excludes halogenated alkanes) is 1. The van der Waals surface area contributed by atoms with E-state index in [-0.39, 0.29) is 23.4 Å². The zero-order chi connectivity index (χ0) is 41.5. The van der Waals surface area contributed by atoms with Gasteiger partial charge < -0.3 is 39.4 Å². The Morgan fingerprint density at radius 1 is 0.559 bits per heavy atom. The van der Waals surface area contributed by atoms with E-state index in [0.717, 1.165) is 92.3 Å². The minimum absolute atomic E-state index is 0.271. The third-order valence-electron chi connectivity index (χ3n) is 11.1. The summed E-state index contributed by atoms with van der Waals surface area (Å²) in [6, 6.07) is 20.1. The summed E-state index contributed by atoms with van der Waals surface area (Å²) in [6.45, 7) is 17.1. The van der Waals surface area contributed by atoms with Gasteiger partial charge in [-0.15, -0.1) is 0 Å². The summed E-state index contributed by atoms with van der Waals surface area (Å²) >= 11 is 0. The predicted molar refractivity (Wildman–Crippen MR) is 227 cm³/mol. The maximum Gasteiger partial charge on any atom is 0.260 e. The molecular weight excluding hydrogens is 755 g/mol. The molecule has 310 valence electrons. The number of nitrogens with zero attached hydrogens (tertiary/aromatic N) is 2. The fraction of sp³-hybridized carbons (Fsp3) is 0.362. The molecule has 2 amide bonds. The fourth-order valence-electron chi connectivity index (χ4n) is 7.79. The van der Waals surface area contributed by atoms with E-state index >= 15 is 0 Å². The Bertz CT molecular complexity index is 2260. The number of carbonyl (C=O) groups is 2. The van der Waals surface area contributed by atoms with Crippen LogP contribution in [0.3, 0.4) is 0 Å². The Morgan fingerprint density at radius 3 is 1.46 bits per heavy atom. The van der Waals surface area contributed by atoms with Gasteiger partial charge in [0.05, 0.1) is 24.4 Å². The molecule has 4 aromatic rings. The van der Waals surface area contributed by atoms with Gasteiger partial charge in [-0.1, -0.05) is 27.7 Å². The van der Waals surface area contributed by atoms with Crippen LogP contribution in [0, 0.1) is 11.6 Å². The molecular formula is C47H52F2N4O6. The van der Waals surface area contributed by atoms with E-state index in [9.17, 15) is 18.4 Å². The van der Waals surface area contributed by atoms with E-state index in [0.29, 0.717) is 71.6 Å². The monoisotopic (exact) mass is 806 g/mol. The van der Waals surface area contributed by atoms with Crippen molar-refractivity contribution in [3.63, 3.8) is 0 Å². The molecule has 0 atom stereocenters. The first-order valence-electron chi connectivity index (χ1n) is 20.6. The van der Waals surface area contributed by atoms with Crippen LogP contribution in [0.2, 0.25) is 0 Å². The van der Waals surface area contributed by atoms with E-state index in [2.05, 4.69) is 48.1 Å². The maximum atomic E-state index is 13.7. The second-order valence-electron chi connectivity index (χ2n) is 14.7. The first-order chi connectivity index (χ1) is 28.7. The normalized spacial score (nSPS) is 17.1. The van der Waals surface area contributed by atoms with Crippen molar-refractivity contribution >= 4 is 45.9 Å². The van der Waals surface area contributed by atoms with Crippen LogP contribution in [-0.4, -0.2) is 74.1 Å². The first kappa shape index (κ1) is 41.4. The molecule has 59 heavy (non-hydrogen) atoms. The highest BCUT2D eigenvalue weighted by Gasteiger charge is 2.34. The van der Waals surface area contributed by atoms with Gasteiger partial charge in [0.2, 0.25) is 0 Å². The Labute approximate surface area is 344 Å². The van der Waals surface area contributed by atoms with E-state index in [4.69, 9.17) is 18.9 Å². The lowest BCUT2D eigenvalue weighted by Gasteiger charge is -2.17. The molecule has 4 aliphatic rings. The zero-order valence-electron chi connectivity index (χ0n) is 34.2. The SMILES string of the molecule is CCN(CC)CCCCOc1ccc2c(c1)COC2=C1C(=O)Nc2ccc(F)cc21.CCN(CC)CCCOc1ccc2c(c1)COC2=C1C(=O)Nc2ccc(F)cc21. The number of ether oxygens (including phenoxy) is 4. The van der Waals surface area contributed by atoms with E-state index in [1.165, 1.54) is 24.3 Å². The highest BCUT2D eigenvalue weighted by Crippen LogP contribution is 2.44. The van der Waals surface area contributed by atoms with Crippen LogP contribution < -0.4 is 20.1 Å². The first-order valence-corrected chi connectivity index (χ1v) is 20.6. The van der Waals surface area contributed by atoms with Crippen LogP contribution in [0.15, 0.2) is 72.8 Å². The van der Waals surface area contributed by atoms with Gasteiger partial charge in [-0.05, 0) is 125 Å². The second kappa shape index (κ2) is 18.9. The minimum atomic E-state index is -0.384. The van der Waals surface area contributed by atoms with Gasteiger partial charge in [-0.25, -0.2) is 8.78 Å². The quantitative estimate of drug-likeness (QED) is 0.0908. The number of anilines is 2. The lowest BCUT2D eigenvalue weighted by atomic mass is 10.0. The number of nitrogens with one attached hydrogen (secondary N) is 2. The smallest absolute Gasteiger partial charge is 0.260 e. The average molecular weight is 807 g/mol. The molecule has 0 unspecified atom stereocenters. The molecule has 0 aromatic heterocycles. The van der Waals surface area contributed by atoms with E-state index in [1.807, 2.05) is 36.4 Å². The van der Waals surface area contributed by atoms with Crippen LogP contribution >= 0.6 is 0 Å². The molecule has 8 rings (SSSR count). The number of fused-ring (bicyclic) bond motifs is 4. The maximum absolute atomic E-state index is 13.7. The molecule has 0 aliphatic carbocycles. The molecule has 0 fully saturated rings.